The highest BCUT2D eigenvalue weighted by molar-refractivity contribution is 6.04. The summed E-state index contributed by atoms with van der Waals surface area (Å²) in [6.45, 7) is 3.11. The van der Waals surface area contributed by atoms with Gasteiger partial charge in [-0.05, 0) is 0 Å². The average Bonchev–Trinajstić information content (AvgIpc) is 2.21. The summed E-state index contributed by atoms with van der Waals surface area (Å²) in [5, 5.41) is 34.6. The van der Waals surface area contributed by atoms with Crippen LogP contribution in [-0.4, -0.2) is 56.0 Å². The monoisotopic (exact) mass is 262 g/mol. The van der Waals surface area contributed by atoms with Crippen molar-refractivity contribution in [2.75, 3.05) is 0 Å². The average molecular weight is 262 g/mol. The van der Waals surface area contributed by atoms with Gasteiger partial charge in [0.15, 0.2) is 0 Å². The molecule has 0 fully saturated rings. The van der Waals surface area contributed by atoms with E-state index in [2.05, 4.69) is 11.3 Å². The molecule has 0 bridgehead atoms. The molecule has 0 saturated heterocycles. The highest BCUT2D eigenvalue weighted by Crippen LogP contribution is 2.21. The van der Waals surface area contributed by atoms with Crippen molar-refractivity contribution in [2.45, 2.75) is 18.1 Å². The minimum atomic E-state index is -3.01. The predicted molar refractivity (Wildman–Crippen MR) is 53.0 cm³/mol. The number of carboxylic acid groups (broad SMARTS) is 4. The Morgan fingerprint density at radius 1 is 1.06 bits per heavy atom. The molecule has 0 rings (SSSR count). The maximum atomic E-state index is 10.9. The van der Waals surface area contributed by atoms with Crippen LogP contribution < -0.4 is 0 Å². The highest BCUT2D eigenvalue weighted by atomic mass is 16.6. The number of rotatable bonds is 8. The van der Waals surface area contributed by atoms with Gasteiger partial charge in [-0.15, -0.1) is 6.58 Å². The van der Waals surface area contributed by atoms with Gasteiger partial charge in [-0.1, -0.05) is 6.08 Å². The lowest BCUT2D eigenvalue weighted by Gasteiger charge is -2.25. The molecule has 4 N–H and O–H groups in total. The van der Waals surface area contributed by atoms with Crippen LogP contribution in [0.15, 0.2) is 12.7 Å². The minimum absolute atomic E-state index is 0.797. The molecule has 0 aliphatic carbocycles. The lowest BCUT2D eigenvalue weighted by molar-refractivity contribution is -0.198. The second-order valence-electron chi connectivity index (χ2n) is 3.10. The third kappa shape index (κ3) is 3.04. The van der Waals surface area contributed by atoms with Crippen molar-refractivity contribution < 1.29 is 44.3 Å². The van der Waals surface area contributed by atoms with E-state index in [4.69, 9.17) is 20.4 Å². The first kappa shape index (κ1) is 15.6. The van der Waals surface area contributed by atoms with Crippen molar-refractivity contribution in [1.29, 1.82) is 0 Å². The van der Waals surface area contributed by atoms with Gasteiger partial charge in [0.25, 0.3) is 11.7 Å². The molecule has 0 aromatic rings. The fourth-order valence-electron chi connectivity index (χ4n) is 1.03. The van der Waals surface area contributed by atoms with Gasteiger partial charge in [0.2, 0.25) is 0 Å². The summed E-state index contributed by atoms with van der Waals surface area (Å²) in [4.78, 5) is 42.9. The summed E-state index contributed by atoms with van der Waals surface area (Å²) in [5.74, 6) is -8.08. The molecule has 0 atom stereocenters. The molecule has 0 aromatic heterocycles. The highest BCUT2D eigenvalue weighted by Gasteiger charge is 2.51. The first-order valence-electron chi connectivity index (χ1n) is 4.40. The van der Waals surface area contributed by atoms with Crippen LogP contribution in [0, 0.1) is 0 Å². The Bertz CT molecular complexity index is 369. The lowest BCUT2D eigenvalue weighted by atomic mass is 9.99. The van der Waals surface area contributed by atoms with E-state index in [1.165, 1.54) is 0 Å². The van der Waals surface area contributed by atoms with Gasteiger partial charge in [0, 0.05) is 6.42 Å². The zero-order valence-corrected chi connectivity index (χ0v) is 8.90. The Hall–Kier alpha value is -2.42. The second-order valence-corrected chi connectivity index (χ2v) is 3.10. The third-order valence-corrected chi connectivity index (χ3v) is 1.89. The Morgan fingerprint density at radius 3 is 1.67 bits per heavy atom. The van der Waals surface area contributed by atoms with Crippen LogP contribution in [0.2, 0.25) is 0 Å². The van der Waals surface area contributed by atoms with E-state index in [9.17, 15) is 19.2 Å². The van der Waals surface area contributed by atoms with Crippen molar-refractivity contribution in [3.8, 4) is 0 Å². The molecule has 100 valence electrons. The van der Waals surface area contributed by atoms with Crippen molar-refractivity contribution >= 4 is 23.9 Å². The summed E-state index contributed by atoms with van der Waals surface area (Å²) in [5.41, 5.74) is -3.01. The smallest absolute Gasteiger partial charge is 0.348 e. The fourth-order valence-corrected chi connectivity index (χ4v) is 1.03. The van der Waals surface area contributed by atoms with Gasteiger partial charge >= 0.3 is 23.9 Å². The molecule has 0 saturated carbocycles. The van der Waals surface area contributed by atoms with Crippen molar-refractivity contribution in [3.63, 3.8) is 0 Å². The normalized spacial score (nSPS) is 10.9. The van der Waals surface area contributed by atoms with Crippen molar-refractivity contribution in [1.82, 2.24) is 0 Å². The molecular formula is C9H10O9. The lowest BCUT2D eigenvalue weighted by Crippen LogP contribution is -2.54. The number of hydrogen-bond donors (Lipinski definition) is 4. The maximum Gasteiger partial charge on any atom is 0.348 e. The molecule has 0 heterocycles. The van der Waals surface area contributed by atoms with Crippen molar-refractivity contribution in [3.05, 3.63) is 12.7 Å². The second kappa shape index (κ2) is 5.77. The number of carboxylic acids is 4. The van der Waals surface area contributed by atoms with E-state index < -0.39 is 42.0 Å². The van der Waals surface area contributed by atoms with Crippen LogP contribution in [0.4, 0.5) is 0 Å². The SMILES string of the molecule is C=CCC(OC(C(=O)O)C(=O)O)(C(=O)O)C(=O)O. The first-order chi connectivity index (χ1) is 8.19. The van der Waals surface area contributed by atoms with Gasteiger partial charge in [-0.2, -0.15) is 0 Å². The Kier molecular flexibility index (Phi) is 5.00. The van der Waals surface area contributed by atoms with Crippen LogP contribution in [0.25, 0.3) is 0 Å². The molecular weight excluding hydrogens is 252 g/mol. The molecule has 0 unspecified atom stereocenters. The first-order valence-corrected chi connectivity index (χ1v) is 4.40. The summed E-state index contributed by atoms with van der Waals surface area (Å²) in [6.07, 6.45) is -2.55. The number of ether oxygens (including phenoxy) is 1. The van der Waals surface area contributed by atoms with Crippen molar-refractivity contribution in [2.24, 2.45) is 0 Å². The van der Waals surface area contributed by atoms with E-state index in [1.807, 2.05) is 0 Å². The Labute approximate surface area is 99.9 Å². The number of hydrogen-bond acceptors (Lipinski definition) is 5. The molecule has 18 heavy (non-hydrogen) atoms. The van der Waals surface area contributed by atoms with E-state index >= 15 is 0 Å². The van der Waals surface area contributed by atoms with Gasteiger partial charge in [-0.25, -0.2) is 19.2 Å². The molecule has 0 amide bonds. The predicted octanol–water partition coefficient (Wildman–Crippen LogP) is -0.975. The minimum Gasteiger partial charge on any atom is -0.479 e. The molecule has 0 aliphatic heterocycles. The van der Waals surface area contributed by atoms with E-state index in [0.29, 0.717) is 0 Å². The molecule has 0 radical (unpaired) electrons. The zero-order chi connectivity index (χ0) is 14.5. The van der Waals surface area contributed by atoms with Crippen LogP contribution in [0.5, 0.6) is 0 Å². The Balaban J connectivity index is 5.52. The summed E-state index contributed by atoms with van der Waals surface area (Å²) >= 11 is 0. The van der Waals surface area contributed by atoms with Crippen LogP contribution >= 0.6 is 0 Å². The Morgan fingerprint density at radius 2 is 1.44 bits per heavy atom. The quantitative estimate of drug-likeness (QED) is 0.318. The van der Waals surface area contributed by atoms with E-state index in [0.717, 1.165) is 6.08 Å². The number of carbonyl (C=O) groups is 4. The topological polar surface area (TPSA) is 158 Å². The van der Waals surface area contributed by atoms with Crippen LogP contribution in [0.3, 0.4) is 0 Å². The van der Waals surface area contributed by atoms with E-state index in [-0.39, 0.29) is 0 Å². The molecule has 9 heteroatoms. The van der Waals surface area contributed by atoms with Gasteiger partial charge in [0.1, 0.15) is 0 Å². The molecule has 0 aromatic carbocycles. The summed E-state index contributed by atoms with van der Waals surface area (Å²) < 4.78 is 4.25. The van der Waals surface area contributed by atoms with Crippen LogP contribution in [-0.2, 0) is 23.9 Å². The summed E-state index contributed by atoms with van der Waals surface area (Å²) in [7, 11) is 0. The standard InChI is InChI=1S/C9H10O9/c1-2-3-9(7(14)15,8(16)17)18-4(5(10)11)6(12)13/h2,4H,1,3H2,(H,10,11)(H,12,13)(H,14,15)(H,16,17). The van der Waals surface area contributed by atoms with E-state index in [1.54, 1.807) is 0 Å². The van der Waals surface area contributed by atoms with Gasteiger partial charge in [-0.3, -0.25) is 0 Å². The largest absolute Gasteiger partial charge is 0.479 e. The molecule has 9 nitrogen and oxygen atoms in total. The van der Waals surface area contributed by atoms with Crippen LogP contribution in [0.1, 0.15) is 6.42 Å². The summed E-state index contributed by atoms with van der Waals surface area (Å²) in [6, 6.07) is 0. The van der Waals surface area contributed by atoms with Gasteiger partial charge < -0.3 is 25.2 Å². The van der Waals surface area contributed by atoms with Gasteiger partial charge in [0.05, 0.1) is 0 Å². The third-order valence-electron chi connectivity index (χ3n) is 1.89. The maximum absolute atomic E-state index is 10.9. The fraction of sp³-hybridized carbons (Fsp3) is 0.333. The zero-order valence-electron chi connectivity index (χ0n) is 8.90. The molecule has 0 aliphatic rings. The number of aliphatic carboxylic acids is 4. The molecule has 0 spiro atoms.